The lowest BCUT2D eigenvalue weighted by Crippen LogP contribution is -1.88. The molecule has 0 radical (unpaired) electrons. The van der Waals surface area contributed by atoms with Crippen LogP contribution >= 0.6 is 27.7 Å². The third-order valence-corrected chi connectivity index (χ3v) is 5.65. The van der Waals surface area contributed by atoms with Crippen LogP contribution in [-0.2, 0) is 0 Å². The van der Waals surface area contributed by atoms with Crippen LogP contribution in [0.15, 0.2) is 81.0 Å². The third-order valence-electron chi connectivity index (χ3n) is 3.85. The van der Waals surface area contributed by atoms with Crippen LogP contribution in [0.25, 0.3) is 21.8 Å². The maximum atomic E-state index is 4.81. The van der Waals surface area contributed by atoms with Gasteiger partial charge >= 0.3 is 0 Å². The molecule has 1 heterocycles. The summed E-state index contributed by atoms with van der Waals surface area (Å²) in [5.41, 5.74) is 3.33. The van der Waals surface area contributed by atoms with Crippen molar-refractivity contribution < 1.29 is 0 Å². The molecular formula is C20H14BrNS. The van der Waals surface area contributed by atoms with Gasteiger partial charge in [0.05, 0.1) is 11.0 Å². The summed E-state index contributed by atoms with van der Waals surface area (Å²) in [5, 5.41) is 2.37. The molecule has 0 unspecified atom stereocenters. The fourth-order valence-electron chi connectivity index (χ4n) is 2.69. The molecule has 23 heavy (non-hydrogen) atoms. The smallest absolute Gasteiger partial charge is 0.0732 e. The highest BCUT2D eigenvalue weighted by Gasteiger charge is 2.12. The molecule has 0 saturated carbocycles. The minimum absolute atomic E-state index is 1.02. The molecule has 0 spiro atoms. The first-order valence-electron chi connectivity index (χ1n) is 7.44. The first-order chi connectivity index (χ1) is 11.2. The SMILES string of the molecule is Cc1ccc(Sc2c3ccccc3nc3cccc(Br)c23)cc1. The number of hydrogen-bond acceptors (Lipinski definition) is 2. The Hall–Kier alpha value is -1.84. The lowest BCUT2D eigenvalue weighted by molar-refractivity contribution is 1.37. The van der Waals surface area contributed by atoms with E-state index in [1.165, 1.54) is 26.1 Å². The van der Waals surface area contributed by atoms with E-state index in [1.807, 2.05) is 12.1 Å². The van der Waals surface area contributed by atoms with Gasteiger partial charge in [-0.2, -0.15) is 0 Å². The molecule has 0 aliphatic rings. The van der Waals surface area contributed by atoms with Gasteiger partial charge in [0, 0.05) is 25.0 Å². The Kier molecular flexibility index (Phi) is 3.83. The molecule has 4 aromatic rings. The van der Waals surface area contributed by atoms with Gasteiger partial charge in [0.2, 0.25) is 0 Å². The maximum absolute atomic E-state index is 4.81. The van der Waals surface area contributed by atoms with E-state index in [-0.39, 0.29) is 0 Å². The summed E-state index contributed by atoms with van der Waals surface area (Å²) >= 11 is 5.50. The molecule has 0 saturated heterocycles. The van der Waals surface area contributed by atoms with Crippen LogP contribution in [0.2, 0.25) is 0 Å². The Bertz CT molecular complexity index is 1010. The molecule has 1 nitrogen and oxygen atoms in total. The zero-order valence-corrected chi connectivity index (χ0v) is 15.0. The predicted molar refractivity (Wildman–Crippen MR) is 102 cm³/mol. The fourth-order valence-corrected chi connectivity index (χ4v) is 4.48. The zero-order valence-electron chi connectivity index (χ0n) is 12.6. The predicted octanol–water partition coefficient (Wildman–Crippen LogP) is 6.61. The minimum atomic E-state index is 1.02. The van der Waals surface area contributed by atoms with Gasteiger partial charge in [-0.25, -0.2) is 4.98 Å². The third kappa shape index (κ3) is 2.75. The average Bonchev–Trinajstić information content (AvgIpc) is 2.57. The fraction of sp³-hybridized carbons (Fsp3) is 0.0500. The van der Waals surface area contributed by atoms with Crippen molar-refractivity contribution >= 4 is 49.5 Å². The summed E-state index contributed by atoms with van der Waals surface area (Å²) in [4.78, 5) is 7.30. The molecular weight excluding hydrogens is 366 g/mol. The Balaban J connectivity index is 2.02. The van der Waals surface area contributed by atoms with E-state index in [1.54, 1.807) is 11.8 Å². The zero-order chi connectivity index (χ0) is 15.8. The van der Waals surface area contributed by atoms with Crippen LogP contribution in [-0.4, -0.2) is 4.98 Å². The Morgan fingerprint density at radius 1 is 0.826 bits per heavy atom. The van der Waals surface area contributed by atoms with Crippen molar-refractivity contribution in [3.63, 3.8) is 0 Å². The molecule has 0 atom stereocenters. The summed E-state index contributed by atoms with van der Waals surface area (Å²) in [6.45, 7) is 2.11. The number of benzene rings is 3. The molecule has 0 N–H and O–H groups in total. The number of aryl methyl sites for hydroxylation is 1. The number of nitrogens with zero attached hydrogens (tertiary/aromatic N) is 1. The second-order valence-corrected chi connectivity index (χ2v) is 7.45. The highest BCUT2D eigenvalue weighted by atomic mass is 79.9. The van der Waals surface area contributed by atoms with Gasteiger partial charge in [-0.1, -0.05) is 69.7 Å². The van der Waals surface area contributed by atoms with Crippen molar-refractivity contribution in [1.29, 1.82) is 0 Å². The van der Waals surface area contributed by atoms with Crippen molar-refractivity contribution in [2.24, 2.45) is 0 Å². The highest BCUT2D eigenvalue weighted by molar-refractivity contribution is 9.10. The summed E-state index contributed by atoms with van der Waals surface area (Å²) in [6, 6.07) is 23.2. The van der Waals surface area contributed by atoms with E-state index in [2.05, 4.69) is 77.5 Å². The van der Waals surface area contributed by atoms with Crippen LogP contribution in [0.3, 0.4) is 0 Å². The molecule has 0 bridgehead atoms. The Morgan fingerprint density at radius 3 is 2.39 bits per heavy atom. The summed E-state index contributed by atoms with van der Waals surface area (Å²) in [5.74, 6) is 0. The standard InChI is InChI=1S/C20H14BrNS/c1-13-9-11-14(12-10-13)23-20-15-5-2-3-7-17(15)22-18-8-4-6-16(21)19(18)20/h2-12H,1H3. The summed E-state index contributed by atoms with van der Waals surface area (Å²) < 4.78 is 1.09. The molecule has 0 aliphatic carbocycles. The summed E-state index contributed by atoms with van der Waals surface area (Å²) in [6.07, 6.45) is 0. The van der Waals surface area contributed by atoms with Crippen LogP contribution in [0.4, 0.5) is 0 Å². The Morgan fingerprint density at radius 2 is 1.57 bits per heavy atom. The molecule has 0 fully saturated rings. The quantitative estimate of drug-likeness (QED) is 0.363. The van der Waals surface area contributed by atoms with E-state index in [0.717, 1.165) is 15.5 Å². The topological polar surface area (TPSA) is 12.9 Å². The van der Waals surface area contributed by atoms with Crippen LogP contribution in [0, 0.1) is 6.92 Å². The monoisotopic (exact) mass is 379 g/mol. The number of hydrogen-bond donors (Lipinski definition) is 0. The number of halogens is 1. The van der Waals surface area contributed by atoms with Crippen LogP contribution < -0.4 is 0 Å². The van der Waals surface area contributed by atoms with Crippen LogP contribution in [0.5, 0.6) is 0 Å². The largest absolute Gasteiger partial charge is 0.248 e. The number of fused-ring (bicyclic) bond motifs is 2. The maximum Gasteiger partial charge on any atom is 0.0732 e. The van der Waals surface area contributed by atoms with Gasteiger partial charge in [0.1, 0.15) is 0 Å². The van der Waals surface area contributed by atoms with Gasteiger partial charge in [-0.15, -0.1) is 0 Å². The molecule has 1 aromatic heterocycles. The lowest BCUT2D eigenvalue weighted by Gasteiger charge is -2.12. The Labute approximate surface area is 147 Å². The van der Waals surface area contributed by atoms with E-state index < -0.39 is 0 Å². The summed E-state index contributed by atoms with van der Waals surface area (Å²) in [7, 11) is 0. The van der Waals surface area contributed by atoms with Crippen LogP contribution in [0.1, 0.15) is 5.56 Å². The van der Waals surface area contributed by atoms with Gasteiger partial charge < -0.3 is 0 Å². The number of aromatic nitrogens is 1. The number of para-hydroxylation sites is 1. The minimum Gasteiger partial charge on any atom is -0.248 e. The van der Waals surface area contributed by atoms with Gasteiger partial charge in [-0.3, -0.25) is 0 Å². The van der Waals surface area contributed by atoms with Crippen molar-refractivity contribution in [2.45, 2.75) is 16.7 Å². The first kappa shape index (κ1) is 14.7. The molecule has 4 rings (SSSR count). The van der Waals surface area contributed by atoms with Gasteiger partial charge in [-0.05, 0) is 37.3 Å². The second-order valence-electron chi connectivity index (χ2n) is 5.51. The second kappa shape index (κ2) is 5.99. The molecule has 3 heteroatoms. The first-order valence-corrected chi connectivity index (χ1v) is 9.05. The number of rotatable bonds is 2. The van der Waals surface area contributed by atoms with Crippen molar-refractivity contribution in [3.05, 3.63) is 76.8 Å². The lowest BCUT2D eigenvalue weighted by atomic mass is 10.1. The van der Waals surface area contributed by atoms with Crippen molar-refractivity contribution in [3.8, 4) is 0 Å². The average molecular weight is 380 g/mol. The number of pyridine rings is 1. The van der Waals surface area contributed by atoms with E-state index in [9.17, 15) is 0 Å². The van der Waals surface area contributed by atoms with E-state index in [4.69, 9.17) is 4.98 Å². The molecule has 112 valence electrons. The molecule has 3 aromatic carbocycles. The van der Waals surface area contributed by atoms with Crippen molar-refractivity contribution in [2.75, 3.05) is 0 Å². The molecule has 0 aliphatic heterocycles. The molecule has 0 amide bonds. The normalized spacial score (nSPS) is 11.2. The van der Waals surface area contributed by atoms with Gasteiger partial charge in [0.25, 0.3) is 0 Å². The van der Waals surface area contributed by atoms with E-state index >= 15 is 0 Å². The van der Waals surface area contributed by atoms with E-state index in [0.29, 0.717) is 0 Å². The van der Waals surface area contributed by atoms with Gasteiger partial charge in [0.15, 0.2) is 0 Å². The highest BCUT2D eigenvalue weighted by Crippen LogP contribution is 2.41. The van der Waals surface area contributed by atoms with Crippen molar-refractivity contribution in [1.82, 2.24) is 4.98 Å².